The molecule has 0 fully saturated rings. The molecule has 2 rings (SSSR count). The molecule has 0 spiro atoms. The fourth-order valence-corrected chi connectivity index (χ4v) is 2.32. The van der Waals surface area contributed by atoms with E-state index in [-0.39, 0.29) is 11.7 Å². The van der Waals surface area contributed by atoms with Gasteiger partial charge in [0.1, 0.15) is 5.75 Å². The van der Waals surface area contributed by atoms with Crippen LogP contribution in [-0.4, -0.2) is 27.3 Å². The molecule has 0 aliphatic rings. The molecule has 106 valence electrons. The molecule has 1 N–H and O–H groups in total. The van der Waals surface area contributed by atoms with Crippen molar-refractivity contribution in [2.75, 3.05) is 11.4 Å². The molecular formula is C15H19N3O2. The number of benzene rings is 1. The maximum absolute atomic E-state index is 12.7. The third-order valence-electron chi connectivity index (χ3n) is 3.43. The molecule has 5 nitrogen and oxygen atoms in total. The van der Waals surface area contributed by atoms with Crippen LogP contribution in [0.25, 0.3) is 0 Å². The highest BCUT2D eigenvalue weighted by Gasteiger charge is 2.23. The van der Waals surface area contributed by atoms with Crippen LogP contribution >= 0.6 is 0 Å². The normalized spacial score (nSPS) is 10.6. The van der Waals surface area contributed by atoms with Crippen LogP contribution in [0, 0.1) is 13.8 Å². The van der Waals surface area contributed by atoms with Gasteiger partial charge in [0.25, 0.3) is 5.91 Å². The summed E-state index contributed by atoms with van der Waals surface area (Å²) in [6.45, 7) is 6.14. The van der Waals surface area contributed by atoms with E-state index >= 15 is 0 Å². The van der Waals surface area contributed by atoms with Gasteiger partial charge >= 0.3 is 0 Å². The molecule has 1 aromatic carbocycles. The van der Waals surface area contributed by atoms with Crippen LogP contribution in [-0.2, 0) is 7.05 Å². The minimum Gasteiger partial charge on any atom is -0.508 e. The lowest BCUT2D eigenvalue weighted by atomic mass is 10.1. The second kappa shape index (κ2) is 5.36. The maximum Gasteiger partial charge on any atom is 0.262 e. The Hall–Kier alpha value is -2.30. The van der Waals surface area contributed by atoms with Gasteiger partial charge in [-0.15, -0.1) is 0 Å². The number of phenols is 1. The molecule has 2 aromatic rings. The third-order valence-corrected chi connectivity index (χ3v) is 3.43. The number of aryl methyl sites for hydroxylation is 2. The standard InChI is InChI=1S/C15H19N3O2/c1-5-18(12-7-6-8-13(19)9-12)15(20)14-10(2)16-17(4)11(14)3/h6-9,19H,5H2,1-4H3. The van der Waals surface area contributed by atoms with Crippen LogP contribution < -0.4 is 4.90 Å². The van der Waals surface area contributed by atoms with Crippen molar-refractivity contribution in [3.8, 4) is 5.75 Å². The van der Waals surface area contributed by atoms with Crippen LogP contribution in [0.1, 0.15) is 28.7 Å². The lowest BCUT2D eigenvalue weighted by Crippen LogP contribution is -2.31. The first-order valence-electron chi connectivity index (χ1n) is 6.56. The number of aromatic nitrogens is 2. The summed E-state index contributed by atoms with van der Waals surface area (Å²) in [5, 5.41) is 13.8. The Balaban J connectivity index is 2.44. The van der Waals surface area contributed by atoms with E-state index in [0.29, 0.717) is 23.5 Å². The Morgan fingerprint density at radius 1 is 1.40 bits per heavy atom. The Kier molecular flexibility index (Phi) is 3.79. The molecule has 20 heavy (non-hydrogen) atoms. The van der Waals surface area contributed by atoms with Gasteiger partial charge in [-0.3, -0.25) is 9.48 Å². The van der Waals surface area contributed by atoms with Crippen molar-refractivity contribution in [2.45, 2.75) is 20.8 Å². The van der Waals surface area contributed by atoms with Gasteiger partial charge in [0, 0.05) is 31.0 Å². The quantitative estimate of drug-likeness (QED) is 0.934. The highest BCUT2D eigenvalue weighted by atomic mass is 16.3. The summed E-state index contributed by atoms with van der Waals surface area (Å²) in [7, 11) is 1.82. The first kappa shape index (κ1) is 14.1. The summed E-state index contributed by atoms with van der Waals surface area (Å²) < 4.78 is 1.71. The van der Waals surface area contributed by atoms with Gasteiger partial charge in [-0.05, 0) is 32.9 Å². The lowest BCUT2D eigenvalue weighted by molar-refractivity contribution is 0.0987. The molecule has 0 aliphatic carbocycles. The van der Waals surface area contributed by atoms with Crippen LogP contribution in [0.3, 0.4) is 0 Å². The fraction of sp³-hybridized carbons (Fsp3) is 0.333. The molecule has 1 amide bonds. The van der Waals surface area contributed by atoms with Crippen molar-refractivity contribution in [1.29, 1.82) is 0 Å². The zero-order chi connectivity index (χ0) is 14.9. The Morgan fingerprint density at radius 2 is 2.10 bits per heavy atom. The molecule has 1 aromatic heterocycles. The molecule has 5 heteroatoms. The number of amides is 1. The van der Waals surface area contributed by atoms with Crippen molar-refractivity contribution in [3.05, 3.63) is 41.2 Å². The highest BCUT2D eigenvalue weighted by Crippen LogP contribution is 2.23. The van der Waals surface area contributed by atoms with Crippen LogP contribution in [0.15, 0.2) is 24.3 Å². The van der Waals surface area contributed by atoms with Crippen molar-refractivity contribution in [1.82, 2.24) is 9.78 Å². The predicted octanol–water partition coefficient (Wildman–Crippen LogP) is 2.41. The molecule has 0 aliphatic heterocycles. The number of nitrogens with zero attached hydrogens (tertiary/aromatic N) is 3. The predicted molar refractivity (Wildman–Crippen MR) is 78.1 cm³/mol. The summed E-state index contributed by atoms with van der Waals surface area (Å²) in [4.78, 5) is 14.4. The Bertz CT molecular complexity index is 647. The summed E-state index contributed by atoms with van der Waals surface area (Å²) in [5.74, 6) is 0.0505. The van der Waals surface area contributed by atoms with E-state index in [1.165, 1.54) is 0 Å². The molecule has 0 unspecified atom stereocenters. The minimum absolute atomic E-state index is 0.0961. The van der Waals surface area contributed by atoms with E-state index in [4.69, 9.17) is 0 Å². The average Bonchev–Trinajstić information content (AvgIpc) is 2.64. The van der Waals surface area contributed by atoms with Crippen molar-refractivity contribution < 1.29 is 9.90 Å². The first-order valence-corrected chi connectivity index (χ1v) is 6.56. The fourth-order valence-electron chi connectivity index (χ4n) is 2.32. The van der Waals surface area contributed by atoms with Crippen molar-refractivity contribution in [2.24, 2.45) is 7.05 Å². The highest BCUT2D eigenvalue weighted by molar-refractivity contribution is 6.07. The number of hydrogen-bond donors (Lipinski definition) is 1. The van der Waals surface area contributed by atoms with E-state index in [1.54, 1.807) is 27.8 Å². The number of carbonyl (C=O) groups excluding carboxylic acids is 1. The van der Waals surface area contributed by atoms with Crippen LogP contribution in [0.2, 0.25) is 0 Å². The second-order valence-corrected chi connectivity index (χ2v) is 4.74. The molecule has 0 atom stereocenters. The van der Waals surface area contributed by atoms with E-state index in [2.05, 4.69) is 5.10 Å². The van der Waals surface area contributed by atoms with E-state index in [1.807, 2.05) is 33.9 Å². The zero-order valence-electron chi connectivity index (χ0n) is 12.2. The molecular weight excluding hydrogens is 254 g/mol. The summed E-state index contributed by atoms with van der Waals surface area (Å²) in [6.07, 6.45) is 0. The number of hydrogen-bond acceptors (Lipinski definition) is 3. The molecule has 1 heterocycles. The van der Waals surface area contributed by atoms with Gasteiger partial charge < -0.3 is 10.0 Å². The number of rotatable bonds is 3. The molecule has 0 radical (unpaired) electrons. The largest absolute Gasteiger partial charge is 0.508 e. The number of aromatic hydroxyl groups is 1. The maximum atomic E-state index is 12.7. The topological polar surface area (TPSA) is 58.4 Å². The second-order valence-electron chi connectivity index (χ2n) is 4.74. The van der Waals surface area contributed by atoms with Gasteiger partial charge in [0.15, 0.2) is 0 Å². The van der Waals surface area contributed by atoms with Gasteiger partial charge in [-0.1, -0.05) is 6.07 Å². The van der Waals surface area contributed by atoms with Gasteiger partial charge in [0.2, 0.25) is 0 Å². The first-order chi connectivity index (χ1) is 9.45. The van der Waals surface area contributed by atoms with Crippen molar-refractivity contribution in [3.63, 3.8) is 0 Å². The van der Waals surface area contributed by atoms with Crippen LogP contribution in [0.4, 0.5) is 5.69 Å². The number of carbonyl (C=O) groups is 1. The Labute approximate surface area is 118 Å². The van der Waals surface area contributed by atoms with E-state index in [9.17, 15) is 9.90 Å². The summed E-state index contributed by atoms with van der Waals surface area (Å²) in [6, 6.07) is 6.70. The smallest absolute Gasteiger partial charge is 0.262 e. The molecule has 0 saturated heterocycles. The van der Waals surface area contributed by atoms with Crippen molar-refractivity contribution >= 4 is 11.6 Å². The monoisotopic (exact) mass is 273 g/mol. The molecule has 0 bridgehead atoms. The van der Waals surface area contributed by atoms with Gasteiger partial charge in [0.05, 0.1) is 11.3 Å². The average molecular weight is 273 g/mol. The third kappa shape index (κ3) is 2.39. The minimum atomic E-state index is -0.0961. The van der Waals surface area contributed by atoms with E-state index in [0.717, 1.165) is 5.69 Å². The number of phenolic OH excluding ortho intramolecular Hbond substituents is 1. The zero-order valence-corrected chi connectivity index (χ0v) is 12.2. The Morgan fingerprint density at radius 3 is 2.60 bits per heavy atom. The summed E-state index contributed by atoms with van der Waals surface area (Å²) in [5.41, 5.74) is 2.86. The van der Waals surface area contributed by atoms with Gasteiger partial charge in [-0.25, -0.2) is 0 Å². The SMILES string of the molecule is CCN(C(=O)c1c(C)nn(C)c1C)c1cccc(O)c1. The summed E-state index contributed by atoms with van der Waals surface area (Å²) >= 11 is 0. The molecule has 0 saturated carbocycles. The number of anilines is 1. The lowest BCUT2D eigenvalue weighted by Gasteiger charge is -2.21. The van der Waals surface area contributed by atoms with Crippen LogP contribution in [0.5, 0.6) is 5.75 Å². The van der Waals surface area contributed by atoms with E-state index < -0.39 is 0 Å². The van der Waals surface area contributed by atoms with Gasteiger partial charge in [-0.2, -0.15) is 5.10 Å².